The van der Waals surface area contributed by atoms with Crippen LogP contribution in [0, 0.1) is 0 Å². The van der Waals surface area contributed by atoms with Crippen LogP contribution in [0.3, 0.4) is 0 Å². The van der Waals surface area contributed by atoms with Gasteiger partial charge in [0.1, 0.15) is 0 Å². The van der Waals surface area contributed by atoms with E-state index in [1.165, 1.54) is 19.3 Å². The number of aromatic nitrogens is 2. The largest absolute Gasteiger partial charge is 0.341 e. The van der Waals surface area contributed by atoms with Crippen LogP contribution in [0.2, 0.25) is 10.0 Å². The van der Waals surface area contributed by atoms with Crippen LogP contribution in [0.4, 0.5) is 5.95 Å². The van der Waals surface area contributed by atoms with Crippen molar-refractivity contribution in [2.24, 2.45) is 0 Å². The molecule has 1 aliphatic rings. The minimum atomic E-state index is 0.509. The molecule has 0 radical (unpaired) electrons. The van der Waals surface area contributed by atoms with Crippen molar-refractivity contribution in [2.45, 2.75) is 19.3 Å². The predicted molar refractivity (Wildman–Crippen MR) is 75.6 cm³/mol. The Morgan fingerprint density at radius 3 is 2.61 bits per heavy atom. The molecule has 0 unspecified atom stereocenters. The van der Waals surface area contributed by atoms with Gasteiger partial charge in [0.2, 0.25) is 5.95 Å². The smallest absolute Gasteiger partial charge is 0.225 e. The van der Waals surface area contributed by atoms with Crippen LogP contribution in [-0.2, 0) is 0 Å². The molecule has 0 aliphatic carbocycles. The van der Waals surface area contributed by atoms with Gasteiger partial charge in [0, 0.05) is 24.7 Å². The fourth-order valence-corrected chi connectivity index (χ4v) is 2.64. The molecule has 0 saturated carbocycles. The number of hydrogen-bond acceptors (Lipinski definition) is 3. The number of anilines is 1. The van der Waals surface area contributed by atoms with Crippen LogP contribution >= 0.6 is 23.2 Å². The summed E-state index contributed by atoms with van der Waals surface area (Å²) in [5.41, 5.74) is 0.736. The van der Waals surface area contributed by atoms with E-state index < -0.39 is 0 Å². The van der Waals surface area contributed by atoms with Gasteiger partial charge in [-0.3, -0.25) is 0 Å². The van der Waals surface area contributed by atoms with Gasteiger partial charge >= 0.3 is 0 Å². The number of piperidine rings is 1. The average Bonchev–Trinajstić information content (AvgIpc) is 2.44. The summed E-state index contributed by atoms with van der Waals surface area (Å²) in [5, 5.41) is 1.97. The van der Waals surface area contributed by atoms with Crippen LogP contribution in [0.15, 0.2) is 18.3 Å². The maximum Gasteiger partial charge on any atom is 0.225 e. The normalized spacial score (nSPS) is 16.2. The molecular formula is C13H13Cl2N3. The fraction of sp³-hybridized carbons (Fsp3) is 0.385. The predicted octanol–water partition coefficient (Wildman–Crippen LogP) is 3.93. The Balaban J connectivity index is 2.06. The molecule has 0 atom stereocenters. The SMILES string of the molecule is Clc1ccc2cnc(N3CCCCC3)nc2c1Cl. The molecule has 1 aliphatic heterocycles. The summed E-state index contributed by atoms with van der Waals surface area (Å²) in [6.45, 7) is 2.04. The van der Waals surface area contributed by atoms with Crippen LogP contribution in [0.25, 0.3) is 10.9 Å². The summed E-state index contributed by atoms with van der Waals surface area (Å²) in [5.74, 6) is 0.756. The first-order valence-corrected chi connectivity index (χ1v) is 6.87. The van der Waals surface area contributed by atoms with Crippen molar-refractivity contribution < 1.29 is 0 Å². The molecule has 3 rings (SSSR count). The molecule has 5 heteroatoms. The average molecular weight is 282 g/mol. The zero-order valence-electron chi connectivity index (χ0n) is 9.87. The van der Waals surface area contributed by atoms with Gasteiger partial charge in [0.05, 0.1) is 15.6 Å². The first-order chi connectivity index (χ1) is 8.75. The maximum atomic E-state index is 6.20. The molecule has 2 aromatic rings. The highest BCUT2D eigenvalue weighted by atomic mass is 35.5. The van der Waals surface area contributed by atoms with Crippen LogP contribution < -0.4 is 4.90 Å². The molecule has 1 fully saturated rings. The van der Waals surface area contributed by atoms with Crippen LogP contribution in [0.5, 0.6) is 0 Å². The molecule has 0 amide bonds. The quantitative estimate of drug-likeness (QED) is 0.793. The Morgan fingerprint density at radius 2 is 1.83 bits per heavy atom. The van der Waals surface area contributed by atoms with Gasteiger partial charge in [-0.15, -0.1) is 0 Å². The second-order valence-electron chi connectivity index (χ2n) is 4.52. The second kappa shape index (κ2) is 4.90. The molecule has 1 aromatic heterocycles. The number of rotatable bonds is 1. The minimum Gasteiger partial charge on any atom is -0.341 e. The van der Waals surface area contributed by atoms with Crippen LogP contribution in [-0.4, -0.2) is 23.1 Å². The monoisotopic (exact) mass is 281 g/mol. The topological polar surface area (TPSA) is 29.0 Å². The Bertz CT molecular complexity index is 580. The van der Waals surface area contributed by atoms with Gasteiger partial charge < -0.3 is 4.90 Å². The summed E-state index contributed by atoms with van der Waals surface area (Å²) in [7, 11) is 0. The molecule has 1 saturated heterocycles. The van der Waals surface area contributed by atoms with E-state index in [-0.39, 0.29) is 0 Å². The van der Waals surface area contributed by atoms with Gasteiger partial charge in [0.25, 0.3) is 0 Å². The van der Waals surface area contributed by atoms with Gasteiger partial charge in [-0.25, -0.2) is 9.97 Å². The number of halogens is 2. The molecule has 3 nitrogen and oxygen atoms in total. The fourth-order valence-electron chi connectivity index (χ4n) is 2.28. The number of nitrogens with zero attached hydrogens (tertiary/aromatic N) is 3. The Kier molecular flexibility index (Phi) is 3.27. The van der Waals surface area contributed by atoms with Crippen LogP contribution in [0.1, 0.15) is 19.3 Å². The van der Waals surface area contributed by atoms with Gasteiger partial charge in [-0.1, -0.05) is 23.2 Å². The molecule has 94 valence electrons. The van der Waals surface area contributed by atoms with Gasteiger partial charge in [-0.05, 0) is 31.4 Å². The van der Waals surface area contributed by atoms with Crippen molar-refractivity contribution in [1.82, 2.24) is 9.97 Å². The highest BCUT2D eigenvalue weighted by Gasteiger charge is 2.15. The molecule has 0 bridgehead atoms. The summed E-state index contributed by atoms with van der Waals surface area (Å²) in [6, 6.07) is 3.67. The highest BCUT2D eigenvalue weighted by Crippen LogP contribution is 2.30. The number of benzene rings is 1. The van der Waals surface area contributed by atoms with E-state index in [2.05, 4.69) is 14.9 Å². The molecule has 18 heavy (non-hydrogen) atoms. The van der Waals surface area contributed by atoms with E-state index in [4.69, 9.17) is 23.2 Å². The van der Waals surface area contributed by atoms with Crippen molar-refractivity contribution in [2.75, 3.05) is 18.0 Å². The van der Waals surface area contributed by atoms with Crippen molar-refractivity contribution in [3.8, 4) is 0 Å². The first-order valence-electron chi connectivity index (χ1n) is 6.11. The molecule has 0 spiro atoms. The van der Waals surface area contributed by atoms with Gasteiger partial charge in [0.15, 0.2) is 0 Å². The summed E-state index contributed by atoms with van der Waals surface area (Å²) in [4.78, 5) is 11.2. The summed E-state index contributed by atoms with van der Waals surface area (Å²) >= 11 is 12.2. The Labute approximate surface area is 116 Å². The Hall–Kier alpha value is -1.06. The van der Waals surface area contributed by atoms with E-state index in [1.54, 1.807) is 6.07 Å². The van der Waals surface area contributed by atoms with E-state index in [9.17, 15) is 0 Å². The molecule has 2 heterocycles. The molecule has 0 N–H and O–H groups in total. The van der Waals surface area contributed by atoms with E-state index in [1.807, 2.05) is 12.3 Å². The third-order valence-corrected chi connectivity index (χ3v) is 4.06. The second-order valence-corrected chi connectivity index (χ2v) is 5.30. The zero-order valence-corrected chi connectivity index (χ0v) is 11.4. The van der Waals surface area contributed by atoms with E-state index >= 15 is 0 Å². The molecule has 1 aromatic carbocycles. The van der Waals surface area contributed by atoms with Crippen molar-refractivity contribution in [1.29, 1.82) is 0 Å². The lowest BCUT2D eigenvalue weighted by atomic mass is 10.1. The summed E-state index contributed by atoms with van der Waals surface area (Å²) < 4.78 is 0. The third-order valence-electron chi connectivity index (χ3n) is 3.27. The zero-order chi connectivity index (χ0) is 12.5. The lowest BCUT2D eigenvalue weighted by Gasteiger charge is -2.26. The number of fused-ring (bicyclic) bond motifs is 1. The number of hydrogen-bond donors (Lipinski definition) is 0. The first kappa shape index (κ1) is 12.0. The van der Waals surface area contributed by atoms with Crippen molar-refractivity contribution in [3.63, 3.8) is 0 Å². The van der Waals surface area contributed by atoms with E-state index in [0.29, 0.717) is 10.0 Å². The third kappa shape index (κ3) is 2.13. The van der Waals surface area contributed by atoms with E-state index in [0.717, 1.165) is 29.9 Å². The highest BCUT2D eigenvalue weighted by molar-refractivity contribution is 6.44. The van der Waals surface area contributed by atoms with Crippen molar-refractivity contribution >= 4 is 40.1 Å². The lowest BCUT2D eigenvalue weighted by Crippen LogP contribution is -2.30. The maximum absolute atomic E-state index is 6.20. The standard InChI is InChI=1S/C13H13Cl2N3/c14-10-5-4-9-8-16-13(17-12(9)11(10)15)18-6-2-1-3-7-18/h4-5,8H,1-3,6-7H2. The van der Waals surface area contributed by atoms with Crippen molar-refractivity contribution in [3.05, 3.63) is 28.4 Å². The minimum absolute atomic E-state index is 0.509. The van der Waals surface area contributed by atoms with Gasteiger partial charge in [-0.2, -0.15) is 0 Å². The summed E-state index contributed by atoms with van der Waals surface area (Å²) in [6.07, 6.45) is 5.50. The molecular weight excluding hydrogens is 269 g/mol. The lowest BCUT2D eigenvalue weighted by molar-refractivity contribution is 0.569. The Morgan fingerprint density at radius 1 is 1.06 bits per heavy atom.